The first kappa shape index (κ1) is 15.4. The molecule has 18 heavy (non-hydrogen) atoms. The van der Waals surface area contributed by atoms with Gasteiger partial charge < -0.3 is 15.4 Å². The van der Waals surface area contributed by atoms with Crippen LogP contribution in [0.4, 0.5) is 0 Å². The van der Waals surface area contributed by atoms with Crippen molar-refractivity contribution in [3.05, 3.63) is 0 Å². The molecule has 0 aromatic heterocycles. The molecule has 0 radical (unpaired) electrons. The lowest BCUT2D eigenvalue weighted by molar-refractivity contribution is -0.129. The van der Waals surface area contributed by atoms with Gasteiger partial charge in [0.25, 0.3) is 0 Å². The molecule has 0 bridgehead atoms. The Kier molecular flexibility index (Phi) is 6.65. The minimum Gasteiger partial charge on any atom is -0.368 e. The zero-order valence-corrected chi connectivity index (χ0v) is 12.2. The van der Waals surface area contributed by atoms with Crippen molar-refractivity contribution in [2.24, 2.45) is 5.92 Å². The molecule has 0 aliphatic heterocycles. The van der Waals surface area contributed by atoms with Gasteiger partial charge in [-0.05, 0) is 45.6 Å². The minimum atomic E-state index is 0.00643. The summed E-state index contributed by atoms with van der Waals surface area (Å²) in [5.41, 5.74) is 0. The molecule has 1 atom stereocenters. The number of amides is 1. The normalized spacial score (nSPS) is 26.1. The van der Waals surface area contributed by atoms with E-state index < -0.39 is 0 Å². The first-order valence-corrected chi connectivity index (χ1v) is 7.11. The van der Waals surface area contributed by atoms with Crippen LogP contribution >= 0.6 is 0 Å². The maximum Gasteiger partial charge on any atom is 0.246 e. The number of rotatable bonds is 6. The van der Waals surface area contributed by atoms with E-state index in [0.29, 0.717) is 12.0 Å². The fourth-order valence-electron chi connectivity index (χ4n) is 2.17. The molecule has 1 aliphatic carbocycles. The molecule has 0 heterocycles. The summed E-state index contributed by atoms with van der Waals surface area (Å²) in [6.07, 6.45) is 4.66. The van der Waals surface area contributed by atoms with Crippen molar-refractivity contribution in [1.29, 1.82) is 0 Å². The Morgan fingerprint density at radius 3 is 2.33 bits per heavy atom. The Morgan fingerprint density at radius 2 is 1.83 bits per heavy atom. The van der Waals surface area contributed by atoms with Crippen LogP contribution in [0.3, 0.4) is 0 Å². The van der Waals surface area contributed by atoms with Gasteiger partial charge in [0.05, 0.1) is 6.10 Å². The van der Waals surface area contributed by atoms with E-state index >= 15 is 0 Å². The lowest BCUT2D eigenvalue weighted by Gasteiger charge is -2.28. The number of hydrogen-bond acceptors (Lipinski definition) is 3. The predicted octanol–water partition coefficient (Wildman–Crippen LogP) is 1.69. The molecule has 1 unspecified atom stereocenters. The van der Waals surface area contributed by atoms with Gasteiger partial charge in [-0.15, -0.1) is 0 Å². The van der Waals surface area contributed by atoms with Gasteiger partial charge >= 0.3 is 0 Å². The summed E-state index contributed by atoms with van der Waals surface area (Å²) in [5, 5.41) is 6.26. The highest BCUT2D eigenvalue weighted by molar-refractivity contribution is 5.77. The first-order valence-electron chi connectivity index (χ1n) is 7.11. The van der Waals surface area contributed by atoms with Gasteiger partial charge in [0.1, 0.15) is 6.61 Å². The quantitative estimate of drug-likeness (QED) is 0.760. The predicted molar refractivity (Wildman–Crippen MR) is 73.5 cm³/mol. The number of carbonyl (C=O) groups is 1. The summed E-state index contributed by atoms with van der Waals surface area (Å²) in [6, 6.07) is 0.834. The standard InChI is InChI=1S/C14H28N2O2/c1-10(2)11(3)16-14(17)9-18-13-7-5-12(15-4)6-8-13/h10-13,15H,5-9H2,1-4H3,(H,16,17). The van der Waals surface area contributed by atoms with Crippen LogP contribution in [-0.2, 0) is 9.53 Å². The fraction of sp³-hybridized carbons (Fsp3) is 0.929. The molecule has 2 N–H and O–H groups in total. The molecule has 4 heteroatoms. The van der Waals surface area contributed by atoms with Crippen LogP contribution in [-0.4, -0.2) is 37.7 Å². The van der Waals surface area contributed by atoms with Crippen LogP contribution in [0.5, 0.6) is 0 Å². The highest BCUT2D eigenvalue weighted by Crippen LogP contribution is 2.20. The van der Waals surface area contributed by atoms with Crippen LogP contribution in [0.2, 0.25) is 0 Å². The van der Waals surface area contributed by atoms with Gasteiger partial charge in [-0.1, -0.05) is 13.8 Å². The van der Waals surface area contributed by atoms with Crippen molar-refractivity contribution in [2.75, 3.05) is 13.7 Å². The molecule has 0 spiro atoms. The topological polar surface area (TPSA) is 50.4 Å². The molecule has 1 saturated carbocycles. The summed E-state index contributed by atoms with van der Waals surface area (Å²) in [5.74, 6) is 0.465. The van der Waals surface area contributed by atoms with Crippen LogP contribution in [0.15, 0.2) is 0 Å². The van der Waals surface area contributed by atoms with Crippen molar-refractivity contribution in [3.63, 3.8) is 0 Å². The lowest BCUT2D eigenvalue weighted by Crippen LogP contribution is -2.40. The lowest BCUT2D eigenvalue weighted by atomic mass is 9.93. The summed E-state index contributed by atoms with van der Waals surface area (Å²) in [4.78, 5) is 11.7. The molecule has 1 aliphatic rings. The Morgan fingerprint density at radius 1 is 1.22 bits per heavy atom. The van der Waals surface area contributed by atoms with E-state index in [1.165, 1.54) is 0 Å². The van der Waals surface area contributed by atoms with Crippen LogP contribution in [0, 0.1) is 5.92 Å². The van der Waals surface area contributed by atoms with Crippen molar-refractivity contribution >= 4 is 5.91 Å². The van der Waals surface area contributed by atoms with E-state index in [9.17, 15) is 4.79 Å². The van der Waals surface area contributed by atoms with E-state index in [1.54, 1.807) is 0 Å². The van der Waals surface area contributed by atoms with Gasteiger partial charge in [0, 0.05) is 12.1 Å². The Hall–Kier alpha value is -0.610. The second-order valence-electron chi connectivity index (χ2n) is 5.67. The highest BCUT2D eigenvalue weighted by Gasteiger charge is 2.21. The summed E-state index contributed by atoms with van der Waals surface area (Å²) in [7, 11) is 2.01. The van der Waals surface area contributed by atoms with Crippen molar-refractivity contribution in [1.82, 2.24) is 10.6 Å². The minimum absolute atomic E-state index is 0.00643. The zero-order chi connectivity index (χ0) is 13.5. The molecule has 1 amide bonds. The number of nitrogens with one attached hydrogen (secondary N) is 2. The molecule has 1 fully saturated rings. The molecule has 0 aromatic carbocycles. The number of ether oxygens (including phenoxy) is 1. The SMILES string of the molecule is CNC1CCC(OCC(=O)NC(C)C(C)C)CC1. The van der Waals surface area contributed by atoms with E-state index in [-0.39, 0.29) is 24.7 Å². The molecule has 0 aromatic rings. The van der Waals surface area contributed by atoms with E-state index in [2.05, 4.69) is 24.5 Å². The molecule has 106 valence electrons. The Bertz CT molecular complexity index is 248. The maximum atomic E-state index is 11.7. The van der Waals surface area contributed by atoms with E-state index in [1.807, 2.05) is 14.0 Å². The second kappa shape index (κ2) is 7.74. The van der Waals surface area contributed by atoms with Gasteiger partial charge in [-0.2, -0.15) is 0 Å². The van der Waals surface area contributed by atoms with E-state index in [4.69, 9.17) is 4.74 Å². The summed E-state index contributed by atoms with van der Waals surface area (Å²) < 4.78 is 5.68. The van der Waals surface area contributed by atoms with Gasteiger partial charge in [-0.25, -0.2) is 0 Å². The van der Waals surface area contributed by atoms with Crippen molar-refractivity contribution in [2.45, 2.75) is 64.6 Å². The van der Waals surface area contributed by atoms with Crippen LogP contribution in [0.1, 0.15) is 46.5 Å². The first-order chi connectivity index (χ1) is 8.52. The maximum absolute atomic E-state index is 11.7. The van der Waals surface area contributed by atoms with Crippen LogP contribution in [0.25, 0.3) is 0 Å². The van der Waals surface area contributed by atoms with Gasteiger partial charge in [0.15, 0.2) is 0 Å². The average Bonchev–Trinajstić information content (AvgIpc) is 2.36. The number of hydrogen-bond donors (Lipinski definition) is 2. The van der Waals surface area contributed by atoms with Gasteiger partial charge in [-0.3, -0.25) is 4.79 Å². The molecular weight excluding hydrogens is 228 g/mol. The smallest absolute Gasteiger partial charge is 0.246 e. The molecule has 4 nitrogen and oxygen atoms in total. The molecule has 0 saturated heterocycles. The molecular formula is C14H28N2O2. The second-order valence-corrected chi connectivity index (χ2v) is 5.67. The average molecular weight is 256 g/mol. The third-order valence-electron chi connectivity index (χ3n) is 3.92. The van der Waals surface area contributed by atoms with Gasteiger partial charge in [0.2, 0.25) is 5.91 Å². The van der Waals surface area contributed by atoms with Crippen LogP contribution < -0.4 is 10.6 Å². The van der Waals surface area contributed by atoms with Crippen molar-refractivity contribution in [3.8, 4) is 0 Å². The Balaban J connectivity index is 2.15. The molecule has 1 rings (SSSR count). The highest BCUT2D eigenvalue weighted by atomic mass is 16.5. The number of carbonyl (C=O) groups excluding carboxylic acids is 1. The van der Waals surface area contributed by atoms with Crippen molar-refractivity contribution < 1.29 is 9.53 Å². The monoisotopic (exact) mass is 256 g/mol. The third kappa shape index (κ3) is 5.36. The Labute approximate surface area is 111 Å². The zero-order valence-electron chi connectivity index (χ0n) is 12.2. The van der Waals surface area contributed by atoms with E-state index in [0.717, 1.165) is 25.7 Å². The summed E-state index contributed by atoms with van der Waals surface area (Å²) in [6.45, 7) is 6.43. The summed E-state index contributed by atoms with van der Waals surface area (Å²) >= 11 is 0. The third-order valence-corrected chi connectivity index (χ3v) is 3.92. The fourth-order valence-corrected chi connectivity index (χ4v) is 2.17. The largest absolute Gasteiger partial charge is 0.368 e.